The summed E-state index contributed by atoms with van der Waals surface area (Å²) in [6.45, 7) is 0.212. The lowest BCUT2D eigenvalue weighted by molar-refractivity contribution is -0.124. The van der Waals surface area contributed by atoms with E-state index >= 15 is 0 Å². The molecule has 1 aliphatic rings. The van der Waals surface area contributed by atoms with Crippen molar-refractivity contribution in [1.29, 1.82) is 0 Å². The zero-order valence-electron chi connectivity index (χ0n) is 10.2. The summed E-state index contributed by atoms with van der Waals surface area (Å²) in [5, 5.41) is 5.36. The first-order valence-corrected chi connectivity index (χ1v) is 5.98. The van der Waals surface area contributed by atoms with Crippen molar-refractivity contribution in [2.24, 2.45) is 12.8 Å². The second-order valence-corrected chi connectivity index (χ2v) is 5.18. The Labute approximate surface area is 104 Å². The van der Waals surface area contributed by atoms with Crippen molar-refractivity contribution in [2.75, 3.05) is 6.54 Å². The van der Waals surface area contributed by atoms with Gasteiger partial charge in [0.1, 0.15) is 0 Å². The zero-order valence-corrected chi connectivity index (χ0v) is 10.2. The molecule has 1 heterocycles. The largest absolute Gasteiger partial charge is 0.330 e. The molecule has 1 fully saturated rings. The van der Waals surface area contributed by atoms with Crippen molar-refractivity contribution in [3.05, 3.63) is 30.0 Å². The van der Waals surface area contributed by atoms with Crippen LogP contribution in [0.3, 0.4) is 0 Å². The summed E-state index contributed by atoms with van der Waals surface area (Å²) in [4.78, 5) is 0. The van der Waals surface area contributed by atoms with Gasteiger partial charge in [-0.3, -0.25) is 4.68 Å². The summed E-state index contributed by atoms with van der Waals surface area (Å²) < 4.78 is 28.2. The lowest BCUT2D eigenvalue weighted by Crippen LogP contribution is -2.54. The Morgan fingerprint density at radius 3 is 2.61 bits per heavy atom. The number of hydrogen-bond donors (Lipinski definition) is 1. The van der Waals surface area contributed by atoms with E-state index in [0.717, 1.165) is 10.9 Å². The van der Waals surface area contributed by atoms with E-state index in [4.69, 9.17) is 5.73 Å². The average molecular weight is 251 g/mol. The van der Waals surface area contributed by atoms with E-state index in [2.05, 4.69) is 5.10 Å². The number of hydrogen-bond acceptors (Lipinski definition) is 2. The predicted molar refractivity (Wildman–Crippen MR) is 65.6 cm³/mol. The highest BCUT2D eigenvalue weighted by atomic mass is 19.3. The van der Waals surface area contributed by atoms with Crippen molar-refractivity contribution >= 4 is 10.9 Å². The molecule has 0 spiro atoms. The summed E-state index contributed by atoms with van der Waals surface area (Å²) >= 11 is 0. The van der Waals surface area contributed by atoms with Crippen molar-refractivity contribution in [2.45, 2.75) is 24.2 Å². The van der Waals surface area contributed by atoms with Crippen LogP contribution in [0.1, 0.15) is 18.5 Å². The molecule has 0 radical (unpaired) electrons. The summed E-state index contributed by atoms with van der Waals surface area (Å²) in [6, 6.07) is 7.67. The van der Waals surface area contributed by atoms with E-state index in [1.807, 2.05) is 31.3 Å². The lowest BCUT2D eigenvalue weighted by Gasteiger charge is -2.45. The number of nitrogens with zero attached hydrogens (tertiary/aromatic N) is 2. The molecule has 0 unspecified atom stereocenters. The smallest absolute Gasteiger partial charge is 0.250 e. The highest BCUT2D eigenvalue weighted by molar-refractivity contribution is 5.83. The molecule has 0 amide bonds. The summed E-state index contributed by atoms with van der Waals surface area (Å²) in [5.41, 5.74) is 6.75. The predicted octanol–water partition coefficient (Wildman–Crippen LogP) is 2.20. The van der Waals surface area contributed by atoms with Gasteiger partial charge in [0.15, 0.2) is 0 Å². The molecule has 0 saturated heterocycles. The normalized spacial score (nSPS) is 20.9. The molecule has 2 N–H and O–H groups in total. The Morgan fingerprint density at radius 1 is 1.33 bits per heavy atom. The number of aryl methyl sites for hydroxylation is 1. The molecule has 3 rings (SSSR count). The lowest BCUT2D eigenvalue weighted by atomic mass is 9.63. The van der Waals surface area contributed by atoms with Gasteiger partial charge >= 0.3 is 0 Å². The average Bonchev–Trinajstić information content (AvgIpc) is 2.64. The van der Waals surface area contributed by atoms with Crippen molar-refractivity contribution in [3.8, 4) is 0 Å². The van der Waals surface area contributed by atoms with Crippen molar-refractivity contribution in [1.82, 2.24) is 9.78 Å². The number of benzene rings is 1. The maximum absolute atomic E-state index is 13.2. The van der Waals surface area contributed by atoms with Gasteiger partial charge in [-0.1, -0.05) is 18.2 Å². The maximum atomic E-state index is 13.2. The Kier molecular flexibility index (Phi) is 2.26. The van der Waals surface area contributed by atoms with E-state index < -0.39 is 11.3 Å². The first kappa shape index (κ1) is 11.6. The van der Waals surface area contributed by atoms with E-state index in [0.29, 0.717) is 5.69 Å². The van der Waals surface area contributed by atoms with Gasteiger partial charge in [0.05, 0.1) is 11.2 Å². The number of aromatic nitrogens is 2. The number of rotatable bonds is 2. The standard InChI is InChI=1S/C13H15F2N3/c1-18-10-5-3-2-4-9(10)11(17-18)12(8-16)6-13(14,15)7-12/h2-5H,6-8,16H2,1H3. The van der Waals surface area contributed by atoms with Crippen LogP contribution in [0.25, 0.3) is 10.9 Å². The van der Waals surface area contributed by atoms with E-state index in [1.54, 1.807) is 4.68 Å². The molecule has 5 heteroatoms. The first-order valence-electron chi connectivity index (χ1n) is 5.98. The second kappa shape index (κ2) is 3.51. The third-order valence-electron chi connectivity index (χ3n) is 3.84. The Bertz CT molecular complexity index is 595. The molecule has 0 aliphatic heterocycles. The molecule has 2 aromatic rings. The second-order valence-electron chi connectivity index (χ2n) is 5.18. The summed E-state index contributed by atoms with van der Waals surface area (Å²) in [6.07, 6.45) is -0.394. The van der Waals surface area contributed by atoms with Gasteiger partial charge in [-0.15, -0.1) is 0 Å². The summed E-state index contributed by atoms with van der Waals surface area (Å²) in [5.74, 6) is -2.60. The first-order chi connectivity index (χ1) is 8.47. The molecule has 0 bridgehead atoms. The van der Waals surface area contributed by atoms with Crippen molar-refractivity contribution in [3.63, 3.8) is 0 Å². The number of para-hydroxylation sites is 1. The van der Waals surface area contributed by atoms with Gasteiger partial charge in [-0.05, 0) is 6.07 Å². The van der Waals surface area contributed by atoms with Crippen LogP contribution in [0.4, 0.5) is 8.78 Å². The van der Waals surface area contributed by atoms with Crippen LogP contribution in [0.2, 0.25) is 0 Å². The van der Waals surface area contributed by atoms with Crippen LogP contribution in [0.15, 0.2) is 24.3 Å². The van der Waals surface area contributed by atoms with Crippen LogP contribution in [-0.2, 0) is 12.5 Å². The fraction of sp³-hybridized carbons (Fsp3) is 0.462. The van der Waals surface area contributed by atoms with E-state index in [-0.39, 0.29) is 19.4 Å². The molecular formula is C13H15F2N3. The van der Waals surface area contributed by atoms with Gasteiger partial charge < -0.3 is 5.73 Å². The van der Waals surface area contributed by atoms with Gasteiger partial charge in [-0.25, -0.2) is 8.78 Å². The molecular weight excluding hydrogens is 236 g/mol. The molecule has 1 aliphatic carbocycles. The van der Waals surface area contributed by atoms with Crippen molar-refractivity contribution < 1.29 is 8.78 Å². The quantitative estimate of drug-likeness (QED) is 0.889. The van der Waals surface area contributed by atoms with Gasteiger partial charge in [0.25, 0.3) is 0 Å². The highest BCUT2D eigenvalue weighted by Gasteiger charge is 2.58. The number of nitrogens with two attached hydrogens (primary N) is 1. The van der Waals surface area contributed by atoms with Crippen LogP contribution >= 0.6 is 0 Å². The van der Waals surface area contributed by atoms with E-state index in [1.165, 1.54) is 0 Å². The fourth-order valence-electron chi connectivity index (χ4n) is 2.95. The fourth-order valence-corrected chi connectivity index (χ4v) is 2.95. The third-order valence-corrected chi connectivity index (χ3v) is 3.84. The molecule has 18 heavy (non-hydrogen) atoms. The Hall–Kier alpha value is -1.49. The number of fused-ring (bicyclic) bond motifs is 1. The van der Waals surface area contributed by atoms with Gasteiger partial charge in [0.2, 0.25) is 5.92 Å². The molecule has 0 atom stereocenters. The number of alkyl halides is 2. The molecule has 1 saturated carbocycles. The molecule has 1 aromatic heterocycles. The summed E-state index contributed by atoms with van der Waals surface area (Å²) in [7, 11) is 1.83. The van der Waals surface area contributed by atoms with Gasteiger partial charge in [0, 0.05) is 37.2 Å². The Morgan fingerprint density at radius 2 is 2.00 bits per heavy atom. The minimum Gasteiger partial charge on any atom is -0.330 e. The SMILES string of the molecule is Cn1nc(C2(CN)CC(F)(F)C2)c2ccccc21. The molecule has 1 aromatic carbocycles. The minimum absolute atomic E-state index is 0.197. The minimum atomic E-state index is -2.60. The Balaban J connectivity index is 2.15. The maximum Gasteiger partial charge on any atom is 0.250 e. The van der Waals surface area contributed by atoms with Crippen LogP contribution in [0, 0.1) is 0 Å². The monoisotopic (exact) mass is 251 g/mol. The molecule has 96 valence electrons. The zero-order chi connectivity index (χ0) is 13.0. The van der Waals surface area contributed by atoms with Crippen LogP contribution in [-0.4, -0.2) is 22.2 Å². The van der Waals surface area contributed by atoms with Crippen LogP contribution < -0.4 is 5.73 Å². The van der Waals surface area contributed by atoms with Gasteiger partial charge in [-0.2, -0.15) is 5.10 Å². The topological polar surface area (TPSA) is 43.8 Å². The highest BCUT2D eigenvalue weighted by Crippen LogP contribution is 2.53. The van der Waals surface area contributed by atoms with E-state index in [9.17, 15) is 8.78 Å². The third kappa shape index (κ3) is 1.47. The molecule has 3 nitrogen and oxygen atoms in total. The number of halogens is 2. The van der Waals surface area contributed by atoms with Crippen LogP contribution in [0.5, 0.6) is 0 Å².